The molecule has 1 unspecified atom stereocenters. The molecule has 2 aliphatic carbocycles. The lowest BCUT2D eigenvalue weighted by atomic mass is 9.80. The molecule has 2 fully saturated rings. The van der Waals surface area contributed by atoms with E-state index in [9.17, 15) is 9.59 Å². The molecule has 0 aromatic heterocycles. The highest BCUT2D eigenvalue weighted by atomic mass is 16.2. The lowest BCUT2D eigenvalue weighted by Gasteiger charge is -2.31. The van der Waals surface area contributed by atoms with Gasteiger partial charge in [-0.1, -0.05) is 6.42 Å². The smallest absolute Gasteiger partial charge is 0.315 e. The van der Waals surface area contributed by atoms with Gasteiger partial charge in [-0.3, -0.25) is 4.79 Å². The van der Waals surface area contributed by atoms with Crippen LogP contribution in [0.5, 0.6) is 0 Å². The summed E-state index contributed by atoms with van der Waals surface area (Å²) in [5.41, 5.74) is 0. The highest BCUT2D eigenvalue weighted by Gasteiger charge is 2.25. The van der Waals surface area contributed by atoms with E-state index in [1.807, 2.05) is 6.92 Å². The molecule has 3 amide bonds. The summed E-state index contributed by atoms with van der Waals surface area (Å²) >= 11 is 0. The molecule has 102 valence electrons. The summed E-state index contributed by atoms with van der Waals surface area (Å²) in [6.07, 6.45) is 6.09. The van der Waals surface area contributed by atoms with Crippen molar-refractivity contribution in [1.29, 1.82) is 0 Å². The molecule has 0 radical (unpaired) electrons. The van der Waals surface area contributed by atoms with Gasteiger partial charge in [0, 0.05) is 12.6 Å². The first-order valence-corrected chi connectivity index (χ1v) is 6.96. The van der Waals surface area contributed by atoms with Crippen molar-refractivity contribution in [1.82, 2.24) is 16.0 Å². The lowest BCUT2D eigenvalue weighted by molar-refractivity contribution is -0.120. The fraction of sp³-hybridized carbons (Fsp3) is 0.846. The van der Waals surface area contributed by atoms with Crippen LogP contribution in [0.1, 0.15) is 39.0 Å². The van der Waals surface area contributed by atoms with Gasteiger partial charge >= 0.3 is 6.03 Å². The first-order chi connectivity index (χ1) is 8.65. The average Bonchev–Trinajstić information content (AvgIpc) is 3.04. The molecule has 2 rings (SSSR count). The molecule has 0 aliphatic heterocycles. The number of urea groups is 1. The molecule has 0 saturated heterocycles. The SMILES string of the molecule is CC(NC(=O)NCC(=O)NCC1CC1)C1CCC1. The Bertz CT molecular complexity index is 311. The third-order valence-electron chi connectivity index (χ3n) is 3.91. The maximum absolute atomic E-state index is 11.6. The van der Waals surface area contributed by atoms with Crippen molar-refractivity contribution in [3.63, 3.8) is 0 Å². The van der Waals surface area contributed by atoms with Crippen molar-refractivity contribution in [2.75, 3.05) is 13.1 Å². The van der Waals surface area contributed by atoms with Gasteiger partial charge in [0.15, 0.2) is 0 Å². The largest absolute Gasteiger partial charge is 0.354 e. The molecule has 5 nitrogen and oxygen atoms in total. The van der Waals surface area contributed by atoms with E-state index in [1.165, 1.54) is 32.1 Å². The molecule has 1 atom stereocenters. The van der Waals surface area contributed by atoms with Crippen molar-refractivity contribution >= 4 is 11.9 Å². The van der Waals surface area contributed by atoms with Crippen LogP contribution in [0.4, 0.5) is 4.79 Å². The van der Waals surface area contributed by atoms with Crippen LogP contribution in [0.25, 0.3) is 0 Å². The van der Waals surface area contributed by atoms with Gasteiger partial charge in [-0.15, -0.1) is 0 Å². The molecule has 5 heteroatoms. The van der Waals surface area contributed by atoms with Gasteiger partial charge in [0.2, 0.25) is 5.91 Å². The van der Waals surface area contributed by atoms with Crippen molar-refractivity contribution in [3.05, 3.63) is 0 Å². The van der Waals surface area contributed by atoms with Crippen LogP contribution in [-0.4, -0.2) is 31.1 Å². The number of hydrogen-bond donors (Lipinski definition) is 3. The maximum Gasteiger partial charge on any atom is 0.315 e. The average molecular weight is 253 g/mol. The Labute approximate surface area is 108 Å². The van der Waals surface area contributed by atoms with Gasteiger partial charge in [-0.2, -0.15) is 0 Å². The van der Waals surface area contributed by atoms with Gasteiger partial charge in [-0.05, 0) is 44.4 Å². The van der Waals surface area contributed by atoms with Crippen molar-refractivity contribution < 1.29 is 9.59 Å². The van der Waals surface area contributed by atoms with E-state index in [0.29, 0.717) is 11.8 Å². The molecule has 0 heterocycles. The predicted octanol–water partition coefficient (Wildman–Crippen LogP) is 1.00. The van der Waals surface area contributed by atoms with E-state index in [0.717, 1.165) is 6.54 Å². The Morgan fingerprint density at radius 3 is 2.44 bits per heavy atom. The highest BCUT2D eigenvalue weighted by Crippen LogP contribution is 2.29. The van der Waals surface area contributed by atoms with Gasteiger partial charge in [0.25, 0.3) is 0 Å². The molecular formula is C13H23N3O2. The molecule has 0 spiro atoms. The van der Waals surface area contributed by atoms with Crippen LogP contribution in [0.2, 0.25) is 0 Å². The predicted molar refractivity (Wildman–Crippen MR) is 69.1 cm³/mol. The second-order valence-electron chi connectivity index (χ2n) is 5.55. The van der Waals surface area contributed by atoms with E-state index in [-0.39, 0.29) is 24.5 Å². The Balaban J connectivity index is 1.53. The van der Waals surface area contributed by atoms with E-state index >= 15 is 0 Å². The van der Waals surface area contributed by atoms with Gasteiger partial charge in [0.1, 0.15) is 0 Å². The minimum Gasteiger partial charge on any atom is -0.354 e. The summed E-state index contributed by atoms with van der Waals surface area (Å²) in [5.74, 6) is 1.18. The van der Waals surface area contributed by atoms with Crippen LogP contribution >= 0.6 is 0 Å². The number of rotatable bonds is 6. The van der Waals surface area contributed by atoms with Gasteiger partial charge in [-0.25, -0.2) is 4.79 Å². The van der Waals surface area contributed by atoms with Crippen LogP contribution in [-0.2, 0) is 4.79 Å². The van der Waals surface area contributed by atoms with Gasteiger partial charge in [0.05, 0.1) is 6.54 Å². The molecule has 0 aromatic rings. The van der Waals surface area contributed by atoms with Crippen molar-refractivity contribution in [2.45, 2.75) is 45.1 Å². The molecule has 18 heavy (non-hydrogen) atoms. The first kappa shape index (κ1) is 13.2. The second kappa shape index (κ2) is 6.07. The second-order valence-corrected chi connectivity index (χ2v) is 5.55. The lowest BCUT2D eigenvalue weighted by Crippen LogP contribution is -2.48. The molecule has 2 saturated carbocycles. The minimum absolute atomic E-state index is 0.0654. The Morgan fingerprint density at radius 2 is 1.89 bits per heavy atom. The minimum atomic E-state index is -0.240. The third kappa shape index (κ3) is 4.20. The monoisotopic (exact) mass is 253 g/mol. The number of hydrogen-bond acceptors (Lipinski definition) is 2. The Morgan fingerprint density at radius 1 is 1.17 bits per heavy atom. The topological polar surface area (TPSA) is 70.2 Å². The summed E-state index contributed by atoms with van der Waals surface area (Å²) in [7, 11) is 0. The van der Waals surface area contributed by atoms with E-state index in [1.54, 1.807) is 0 Å². The summed E-state index contributed by atoms with van der Waals surface area (Å²) in [4.78, 5) is 23.0. The summed E-state index contributed by atoms with van der Waals surface area (Å²) in [6, 6.07) is -0.0377. The number of amides is 3. The molecule has 0 aromatic carbocycles. The fourth-order valence-corrected chi connectivity index (χ4v) is 2.12. The summed E-state index contributed by atoms with van der Waals surface area (Å²) in [6.45, 7) is 2.84. The van der Waals surface area contributed by atoms with Crippen LogP contribution in [0.3, 0.4) is 0 Å². The standard InChI is InChI=1S/C13H23N3O2/c1-9(11-3-2-4-11)16-13(18)15-8-12(17)14-7-10-5-6-10/h9-11H,2-8H2,1H3,(H,14,17)(H2,15,16,18). The van der Waals surface area contributed by atoms with E-state index in [4.69, 9.17) is 0 Å². The zero-order valence-corrected chi connectivity index (χ0v) is 11.0. The van der Waals surface area contributed by atoms with Crippen LogP contribution < -0.4 is 16.0 Å². The van der Waals surface area contributed by atoms with E-state index < -0.39 is 0 Å². The van der Waals surface area contributed by atoms with Gasteiger partial charge < -0.3 is 16.0 Å². The highest BCUT2D eigenvalue weighted by molar-refractivity contribution is 5.83. The van der Waals surface area contributed by atoms with Crippen LogP contribution in [0, 0.1) is 11.8 Å². The summed E-state index contributed by atoms with van der Waals surface area (Å²) in [5, 5.41) is 8.30. The zero-order chi connectivity index (χ0) is 13.0. The van der Waals surface area contributed by atoms with Crippen LogP contribution in [0.15, 0.2) is 0 Å². The van der Waals surface area contributed by atoms with E-state index in [2.05, 4.69) is 16.0 Å². The molecule has 3 N–H and O–H groups in total. The number of carbonyl (C=O) groups excluding carboxylic acids is 2. The Kier molecular flexibility index (Phi) is 4.44. The first-order valence-electron chi connectivity index (χ1n) is 6.96. The number of carbonyl (C=O) groups is 2. The Hall–Kier alpha value is -1.26. The zero-order valence-electron chi connectivity index (χ0n) is 11.0. The quantitative estimate of drug-likeness (QED) is 0.661. The molecule has 0 bridgehead atoms. The molecule has 2 aliphatic rings. The normalized spacial score (nSPS) is 20.7. The van der Waals surface area contributed by atoms with Crippen molar-refractivity contribution in [3.8, 4) is 0 Å². The van der Waals surface area contributed by atoms with Crippen molar-refractivity contribution in [2.24, 2.45) is 11.8 Å². The third-order valence-corrected chi connectivity index (χ3v) is 3.91. The maximum atomic E-state index is 11.6. The fourth-order valence-electron chi connectivity index (χ4n) is 2.12. The number of nitrogens with one attached hydrogen (secondary N) is 3. The molecular weight excluding hydrogens is 230 g/mol. The summed E-state index contributed by atoms with van der Waals surface area (Å²) < 4.78 is 0.